The molecule has 3 rings (SSSR count). The third-order valence-electron chi connectivity index (χ3n) is 7.30. The predicted molar refractivity (Wildman–Crippen MR) is 81.3 cm³/mol. The fourth-order valence-electron chi connectivity index (χ4n) is 5.33. The van der Waals surface area contributed by atoms with Crippen LogP contribution in [0.2, 0.25) is 0 Å². The highest BCUT2D eigenvalue weighted by atomic mass is 15.2. The number of hydrogen-bond donors (Lipinski definition) is 1. The monoisotopic (exact) mass is 264 g/mol. The summed E-state index contributed by atoms with van der Waals surface area (Å²) in [6.45, 7) is 13.6. The number of hydrogen-bond acceptors (Lipinski definition) is 2. The zero-order chi connectivity index (χ0) is 13.7. The molecule has 1 N–H and O–H groups in total. The van der Waals surface area contributed by atoms with E-state index in [4.69, 9.17) is 0 Å². The first kappa shape index (κ1) is 13.9. The van der Waals surface area contributed by atoms with Gasteiger partial charge in [-0.25, -0.2) is 0 Å². The molecule has 2 nitrogen and oxygen atoms in total. The molecule has 2 bridgehead atoms. The Bertz CT molecular complexity index is 338. The van der Waals surface area contributed by atoms with E-state index in [2.05, 4.69) is 37.9 Å². The summed E-state index contributed by atoms with van der Waals surface area (Å²) < 4.78 is 0. The van der Waals surface area contributed by atoms with Gasteiger partial charge < -0.3 is 5.32 Å². The smallest absolute Gasteiger partial charge is 0.0221 e. The molecule has 4 unspecified atom stereocenters. The summed E-state index contributed by atoms with van der Waals surface area (Å²) in [5.41, 5.74) is 1.08. The third kappa shape index (κ3) is 1.98. The Hall–Kier alpha value is -0.0800. The summed E-state index contributed by atoms with van der Waals surface area (Å²) in [4.78, 5) is 2.66. The largest absolute Gasteiger partial charge is 0.312 e. The standard InChI is InChI=1S/C17H32N2/c1-5-19-10-6-7-14(19)12-18-15-11-13-8-9-17(15,4)16(13,2)3/h13-15,18H,5-12H2,1-4H3. The first-order chi connectivity index (χ1) is 8.99. The van der Waals surface area contributed by atoms with Crippen molar-refractivity contribution in [2.75, 3.05) is 19.6 Å². The van der Waals surface area contributed by atoms with Gasteiger partial charge in [0.2, 0.25) is 0 Å². The van der Waals surface area contributed by atoms with Gasteiger partial charge in [0.1, 0.15) is 0 Å². The summed E-state index contributed by atoms with van der Waals surface area (Å²) in [6.07, 6.45) is 7.12. The molecule has 2 saturated carbocycles. The molecule has 1 saturated heterocycles. The topological polar surface area (TPSA) is 15.3 Å². The van der Waals surface area contributed by atoms with Crippen LogP contribution in [0.15, 0.2) is 0 Å². The highest BCUT2D eigenvalue weighted by Crippen LogP contribution is 2.65. The average molecular weight is 264 g/mol. The van der Waals surface area contributed by atoms with E-state index in [-0.39, 0.29) is 0 Å². The highest BCUT2D eigenvalue weighted by molar-refractivity contribution is 5.13. The van der Waals surface area contributed by atoms with Gasteiger partial charge in [-0.15, -0.1) is 0 Å². The van der Waals surface area contributed by atoms with E-state index < -0.39 is 0 Å². The lowest BCUT2D eigenvalue weighted by Crippen LogP contribution is -2.48. The second kappa shape index (κ2) is 4.73. The number of fused-ring (bicyclic) bond motifs is 2. The van der Waals surface area contributed by atoms with Gasteiger partial charge in [-0.1, -0.05) is 27.7 Å². The van der Waals surface area contributed by atoms with Gasteiger partial charge >= 0.3 is 0 Å². The van der Waals surface area contributed by atoms with Gasteiger partial charge in [0.25, 0.3) is 0 Å². The van der Waals surface area contributed by atoms with Gasteiger partial charge in [-0.3, -0.25) is 4.90 Å². The lowest BCUT2D eigenvalue weighted by atomic mass is 9.69. The van der Waals surface area contributed by atoms with Gasteiger partial charge in [0.05, 0.1) is 0 Å². The summed E-state index contributed by atoms with van der Waals surface area (Å²) in [5.74, 6) is 0.959. The van der Waals surface area contributed by atoms with Crippen LogP contribution < -0.4 is 5.32 Å². The molecule has 19 heavy (non-hydrogen) atoms. The molecule has 1 heterocycles. The van der Waals surface area contributed by atoms with Gasteiger partial charge in [0, 0.05) is 18.6 Å². The lowest BCUT2D eigenvalue weighted by molar-refractivity contribution is 0.116. The van der Waals surface area contributed by atoms with Gasteiger partial charge in [-0.05, 0) is 61.9 Å². The Morgan fingerprint density at radius 2 is 2.00 bits per heavy atom. The first-order valence-electron chi connectivity index (χ1n) is 8.46. The zero-order valence-electron chi connectivity index (χ0n) is 13.3. The second-order valence-corrected chi connectivity index (χ2v) is 8.00. The maximum atomic E-state index is 3.97. The normalized spacial score (nSPS) is 45.2. The minimum Gasteiger partial charge on any atom is -0.312 e. The molecular weight excluding hydrogens is 232 g/mol. The Balaban J connectivity index is 1.60. The number of nitrogens with one attached hydrogen (secondary N) is 1. The molecule has 3 fully saturated rings. The summed E-state index contributed by atoms with van der Waals surface area (Å²) in [7, 11) is 0. The van der Waals surface area contributed by atoms with Crippen LogP contribution in [0.4, 0.5) is 0 Å². The minimum absolute atomic E-state index is 0.535. The Morgan fingerprint density at radius 1 is 1.21 bits per heavy atom. The van der Waals surface area contributed by atoms with Crippen molar-refractivity contribution in [3.8, 4) is 0 Å². The van der Waals surface area contributed by atoms with Gasteiger partial charge in [-0.2, -0.15) is 0 Å². The van der Waals surface area contributed by atoms with E-state index in [1.807, 2.05) is 0 Å². The summed E-state index contributed by atoms with van der Waals surface area (Å²) in [5, 5.41) is 3.97. The fourth-order valence-corrected chi connectivity index (χ4v) is 5.33. The Morgan fingerprint density at radius 3 is 2.58 bits per heavy atom. The fraction of sp³-hybridized carbons (Fsp3) is 1.00. The van der Waals surface area contributed by atoms with Crippen molar-refractivity contribution in [2.45, 2.75) is 71.9 Å². The summed E-state index contributed by atoms with van der Waals surface area (Å²) >= 11 is 0. The molecule has 0 amide bonds. The van der Waals surface area contributed by atoms with Crippen molar-refractivity contribution >= 4 is 0 Å². The molecule has 2 heteroatoms. The molecule has 2 aliphatic carbocycles. The van der Waals surface area contributed by atoms with E-state index in [0.29, 0.717) is 10.8 Å². The molecule has 4 atom stereocenters. The van der Waals surface area contributed by atoms with Crippen LogP contribution in [0.5, 0.6) is 0 Å². The van der Waals surface area contributed by atoms with E-state index in [0.717, 1.165) is 18.0 Å². The van der Waals surface area contributed by atoms with Crippen molar-refractivity contribution in [1.82, 2.24) is 10.2 Å². The maximum absolute atomic E-state index is 3.97. The van der Waals surface area contributed by atoms with Crippen molar-refractivity contribution in [2.24, 2.45) is 16.7 Å². The number of likely N-dealkylation sites (N-methyl/N-ethyl adjacent to an activating group) is 1. The van der Waals surface area contributed by atoms with Crippen LogP contribution in [0, 0.1) is 16.7 Å². The van der Waals surface area contributed by atoms with E-state index in [1.54, 1.807) is 0 Å². The van der Waals surface area contributed by atoms with Crippen LogP contribution in [0.1, 0.15) is 59.8 Å². The maximum Gasteiger partial charge on any atom is 0.0221 e. The van der Waals surface area contributed by atoms with Crippen LogP contribution in [0.25, 0.3) is 0 Å². The number of likely N-dealkylation sites (tertiary alicyclic amines) is 1. The second-order valence-electron chi connectivity index (χ2n) is 8.00. The van der Waals surface area contributed by atoms with Crippen molar-refractivity contribution in [1.29, 1.82) is 0 Å². The molecule has 0 aromatic carbocycles. The molecule has 110 valence electrons. The highest BCUT2D eigenvalue weighted by Gasteiger charge is 2.61. The molecule has 0 spiro atoms. The molecule has 1 aliphatic heterocycles. The average Bonchev–Trinajstić information content (AvgIpc) is 2.97. The van der Waals surface area contributed by atoms with Crippen molar-refractivity contribution < 1.29 is 0 Å². The minimum atomic E-state index is 0.535. The molecule has 3 aliphatic rings. The zero-order valence-corrected chi connectivity index (χ0v) is 13.3. The lowest BCUT2D eigenvalue weighted by Gasteiger charge is -2.40. The van der Waals surface area contributed by atoms with E-state index in [1.165, 1.54) is 51.7 Å². The van der Waals surface area contributed by atoms with Crippen LogP contribution in [-0.4, -0.2) is 36.6 Å². The van der Waals surface area contributed by atoms with Crippen LogP contribution in [-0.2, 0) is 0 Å². The Kier molecular flexibility index (Phi) is 3.46. The van der Waals surface area contributed by atoms with Crippen LogP contribution in [0.3, 0.4) is 0 Å². The summed E-state index contributed by atoms with van der Waals surface area (Å²) in [6, 6.07) is 1.57. The number of rotatable bonds is 4. The molecule has 0 aromatic heterocycles. The quantitative estimate of drug-likeness (QED) is 0.838. The number of nitrogens with zero attached hydrogens (tertiary/aromatic N) is 1. The SMILES string of the molecule is CCN1CCCC1CNC1CC2CCC1(C)C2(C)C. The predicted octanol–water partition coefficient (Wildman–Crippen LogP) is 3.28. The van der Waals surface area contributed by atoms with Crippen molar-refractivity contribution in [3.05, 3.63) is 0 Å². The molecular formula is C17H32N2. The first-order valence-corrected chi connectivity index (χ1v) is 8.46. The molecule has 0 aromatic rings. The molecule has 0 radical (unpaired) electrons. The third-order valence-corrected chi connectivity index (χ3v) is 7.30. The van der Waals surface area contributed by atoms with Crippen molar-refractivity contribution in [3.63, 3.8) is 0 Å². The van der Waals surface area contributed by atoms with Crippen LogP contribution >= 0.6 is 0 Å². The van der Waals surface area contributed by atoms with E-state index >= 15 is 0 Å². The Labute approximate surface area is 119 Å². The van der Waals surface area contributed by atoms with E-state index in [9.17, 15) is 0 Å². The van der Waals surface area contributed by atoms with Gasteiger partial charge in [0.15, 0.2) is 0 Å².